The zero-order valence-corrected chi connectivity index (χ0v) is 20.2. The van der Waals surface area contributed by atoms with Crippen LogP contribution in [0.5, 0.6) is 0 Å². The Hall–Kier alpha value is -2.48. The second kappa shape index (κ2) is 10.4. The first-order valence-corrected chi connectivity index (χ1v) is 13.1. The zero-order chi connectivity index (χ0) is 24.3. The Labute approximate surface area is 205 Å². The predicted octanol–water partition coefficient (Wildman–Crippen LogP) is 2.70. The summed E-state index contributed by atoms with van der Waals surface area (Å²) in [5.41, 5.74) is 1.22. The molecule has 1 fully saturated rings. The van der Waals surface area contributed by atoms with Crippen LogP contribution in [-0.4, -0.2) is 46.9 Å². The number of aliphatic hydroxyl groups excluding tert-OH is 1. The molecule has 0 radical (unpaired) electrons. The molecule has 0 aliphatic heterocycles. The van der Waals surface area contributed by atoms with E-state index in [4.69, 9.17) is 20.9 Å². The number of nitrogens with zero attached hydrogens (tertiary/aromatic N) is 3. The fraction of sp³-hybridized carbons (Fsp3) is 0.333. The molecular formula is C21H22ClN5O5S2. The Morgan fingerprint density at radius 2 is 2.21 bits per heavy atom. The second-order valence-corrected chi connectivity index (χ2v) is 10.5. The molecule has 1 aliphatic carbocycles. The van der Waals surface area contributed by atoms with Gasteiger partial charge in [0, 0.05) is 12.2 Å². The summed E-state index contributed by atoms with van der Waals surface area (Å²) < 4.78 is 26.7. The van der Waals surface area contributed by atoms with E-state index in [1.807, 2.05) is 0 Å². The van der Waals surface area contributed by atoms with E-state index in [-0.39, 0.29) is 29.5 Å². The minimum absolute atomic E-state index is 0.00912. The molecule has 1 unspecified atom stereocenters. The number of ketones is 1. The lowest BCUT2D eigenvalue weighted by molar-refractivity contribution is 0.104. The Bertz CT molecular complexity index is 1290. The molecule has 10 nitrogen and oxygen atoms in total. The maximum absolute atomic E-state index is 13.2. The van der Waals surface area contributed by atoms with E-state index in [0.29, 0.717) is 33.9 Å². The Balaban J connectivity index is 1.45. The van der Waals surface area contributed by atoms with Crippen molar-refractivity contribution in [2.75, 3.05) is 11.9 Å². The normalized spacial score (nSPS) is 19.1. The topological polar surface area (TPSA) is 157 Å². The van der Waals surface area contributed by atoms with Crippen molar-refractivity contribution in [2.24, 2.45) is 11.1 Å². The third-order valence-corrected chi connectivity index (χ3v) is 7.11. The second-order valence-electron chi connectivity index (χ2n) is 7.94. The molecule has 4 N–H and O–H groups in total. The van der Waals surface area contributed by atoms with Crippen molar-refractivity contribution >= 4 is 44.8 Å². The van der Waals surface area contributed by atoms with Gasteiger partial charge in [0.15, 0.2) is 0 Å². The van der Waals surface area contributed by atoms with E-state index in [2.05, 4.69) is 20.3 Å². The van der Waals surface area contributed by atoms with Crippen LogP contribution in [0, 0.1) is 5.92 Å². The first kappa shape index (κ1) is 24.6. The van der Waals surface area contributed by atoms with E-state index in [0.717, 1.165) is 12.8 Å². The lowest BCUT2D eigenvalue weighted by Gasteiger charge is -2.15. The summed E-state index contributed by atoms with van der Waals surface area (Å²) in [6.45, 7) is 0.0222. The Kier molecular flexibility index (Phi) is 7.55. The summed E-state index contributed by atoms with van der Waals surface area (Å²) in [5, 5.41) is 20.8. The van der Waals surface area contributed by atoms with Gasteiger partial charge in [-0.15, -0.1) is 11.3 Å². The molecule has 0 saturated heterocycles. The van der Waals surface area contributed by atoms with Gasteiger partial charge in [-0.25, -0.2) is 20.1 Å². The van der Waals surface area contributed by atoms with Crippen LogP contribution in [-0.2, 0) is 14.5 Å². The summed E-state index contributed by atoms with van der Waals surface area (Å²) in [6, 6.07) is 6.58. The SMILES string of the molecule is NS(=O)(=O)OC[C@@H]1CC[C@H](Nc2ncncc2C(=O)c2cc(C(O)c3cccc(Cl)n3)cs2)C1. The molecule has 3 atom stereocenters. The van der Waals surface area contributed by atoms with Gasteiger partial charge >= 0.3 is 10.3 Å². The first-order valence-electron chi connectivity index (χ1n) is 10.4. The average Bonchev–Trinajstić information content (AvgIpc) is 3.47. The Morgan fingerprint density at radius 1 is 1.38 bits per heavy atom. The van der Waals surface area contributed by atoms with Gasteiger partial charge in [-0.1, -0.05) is 17.7 Å². The highest BCUT2D eigenvalue weighted by molar-refractivity contribution is 7.84. The number of thiophene rings is 1. The quantitative estimate of drug-likeness (QED) is 0.283. The highest BCUT2D eigenvalue weighted by Crippen LogP contribution is 2.31. The molecule has 3 aromatic rings. The minimum atomic E-state index is -3.97. The van der Waals surface area contributed by atoms with Gasteiger partial charge in [-0.2, -0.15) is 8.42 Å². The molecule has 0 spiro atoms. The summed E-state index contributed by atoms with van der Waals surface area (Å²) in [7, 11) is -3.97. The lowest BCUT2D eigenvalue weighted by Crippen LogP contribution is -2.22. The predicted molar refractivity (Wildman–Crippen MR) is 127 cm³/mol. The highest BCUT2D eigenvalue weighted by atomic mass is 35.5. The van der Waals surface area contributed by atoms with Crippen LogP contribution >= 0.6 is 22.9 Å². The Morgan fingerprint density at radius 3 is 2.97 bits per heavy atom. The van der Waals surface area contributed by atoms with Crippen LogP contribution in [0.4, 0.5) is 5.82 Å². The molecule has 0 bridgehead atoms. The summed E-state index contributed by atoms with van der Waals surface area (Å²) in [6.07, 6.45) is 3.95. The molecule has 180 valence electrons. The van der Waals surface area contributed by atoms with Gasteiger partial charge in [-0.3, -0.25) is 8.98 Å². The highest BCUT2D eigenvalue weighted by Gasteiger charge is 2.28. The number of aromatic nitrogens is 3. The standard InChI is InChI=1S/C21H22ClN5O5S2/c22-18-3-1-2-16(27-18)19(28)13-7-17(33-10-13)20(29)15-8-24-11-25-21(15)26-14-5-4-12(6-14)9-32-34(23,30)31/h1-3,7-8,10-12,14,19,28H,4-6,9H2,(H2,23,30,31)(H,24,25,26)/t12-,14+,19?/m1/s1. The number of halogens is 1. The molecule has 3 aromatic heterocycles. The van der Waals surface area contributed by atoms with Gasteiger partial charge in [0.05, 0.1) is 22.7 Å². The van der Waals surface area contributed by atoms with E-state index in [1.54, 1.807) is 29.6 Å². The fourth-order valence-electron chi connectivity index (χ4n) is 3.85. The molecule has 1 saturated carbocycles. The lowest BCUT2D eigenvalue weighted by atomic mass is 10.1. The molecule has 1 aliphatic rings. The number of anilines is 1. The van der Waals surface area contributed by atoms with Crippen molar-refractivity contribution in [3.05, 3.63) is 69.0 Å². The fourth-order valence-corrected chi connectivity index (χ4v) is 5.28. The van der Waals surface area contributed by atoms with Crippen molar-refractivity contribution in [1.82, 2.24) is 15.0 Å². The van der Waals surface area contributed by atoms with Crippen molar-refractivity contribution < 1.29 is 22.5 Å². The van der Waals surface area contributed by atoms with Crippen LogP contribution in [0.25, 0.3) is 0 Å². The van der Waals surface area contributed by atoms with Gasteiger partial charge in [0.2, 0.25) is 5.78 Å². The number of rotatable bonds is 9. The number of pyridine rings is 1. The summed E-state index contributed by atoms with van der Waals surface area (Å²) in [4.78, 5) is 26.0. The first-order chi connectivity index (χ1) is 16.2. The monoisotopic (exact) mass is 523 g/mol. The number of carbonyl (C=O) groups excluding carboxylic acids is 1. The molecule has 0 aromatic carbocycles. The smallest absolute Gasteiger partial charge is 0.333 e. The van der Waals surface area contributed by atoms with E-state index in [9.17, 15) is 18.3 Å². The van der Waals surface area contributed by atoms with Crippen molar-refractivity contribution in [3.63, 3.8) is 0 Å². The third-order valence-electron chi connectivity index (χ3n) is 5.48. The minimum Gasteiger partial charge on any atom is -0.382 e. The number of nitrogens with two attached hydrogens (primary N) is 1. The number of aliphatic hydroxyl groups is 1. The third kappa shape index (κ3) is 6.14. The van der Waals surface area contributed by atoms with Crippen LogP contribution in [0.15, 0.2) is 42.2 Å². The molecule has 4 rings (SSSR count). The molecule has 0 amide bonds. The van der Waals surface area contributed by atoms with Crippen LogP contribution in [0.3, 0.4) is 0 Å². The molecular weight excluding hydrogens is 502 g/mol. The van der Waals surface area contributed by atoms with Gasteiger partial charge in [0.1, 0.15) is 23.4 Å². The van der Waals surface area contributed by atoms with Crippen LogP contribution < -0.4 is 10.5 Å². The molecule has 34 heavy (non-hydrogen) atoms. The summed E-state index contributed by atoms with van der Waals surface area (Å²) in [5.74, 6) is 0.140. The summed E-state index contributed by atoms with van der Waals surface area (Å²) >= 11 is 7.11. The van der Waals surface area contributed by atoms with Crippen molar-refractivity contribution in [1.29, 1.82) is 0 Å². The van der Waals surface area contributed by atoms with Crippen LogP contribution in [0.2, 0.25) is 5.15 Å². The van der Waals surface area contributed by atoms with Crippen molar-refractivity contribution in [2.45, 2.75) is 31.4 Å². The number of hydrogen-bond acceptors (Lipinski definition) is 10. The van der Waals surface area contributed by atoms with Gasteiger partial charge < -0.3 is 10.4 Å². The van der Waals surface area contributed by atoms with Gasteiger partial charge in [0.25, 0.3) is 0 Å². The maximum Gasteiger partial charge on any atom is 0.333 e. The van der Waals surface area contributed by atoms with Crippen LogP contribution in [0.1, 0.15) is 51.9 Å². The van der Waals surface area contributed by atoms with Gasteiger partial charge in [-0.05, 0) is 54.3 Å². The molecule has 13 heteroatoms. The number of nitrogens with one attached hydrogen (secondary N) is 1. The molecule has 3 heterocycles. The van der Waals surface area contributed by atoms with E-state index >= 15 is 0 Å². The average molecular weight is 524 g/mol. The number of hydrogen-bond donors (Lipinski definition) is 3. The zero-order valence-electron chi connectivity index (χ0n) is 17.8. The van der Waals surface area contributed by atoms with E-state index in [1.165, 1.54) is 23.9 Å². The number of carbonyl (C=O) groups is 1. The van der Waals surface area contributed by atoms with Crippen molar-refractivity contribution in [3.8, 4) is 0 Å². The van der Waals surface area contributed by atoms with E-state index < -0.39 is 16.4 Å². The maximum atomic E-state index is 13.2. The largest absolute Gasteiger partial charge is 0.382 e.